The van der Waals surface area contributed by atoms with E-state index in [-0.39, 0.29) is 0 Å². The zero-order valence-electron chi connectivity index (χ0n) is 12.1. The molecule has 0 aromatic heterocycles. The van der Waals surface area contributed by atoms with Gasteiger partial charge in [-0.2, -0.15) is 0 Å². The van der Waals surface area contributed by atoms with Gasteiger partial charge in [-0.05, 0) is 43.0 Å². The van der Waals surface area contributed by atoms with Crippen molar-refractivity contribution in [1.82, 2.24) is 5.32 Å². The summed E-state index contributed by atoms with van der Waals surface area (Å²) in [6.45, 7) is 4.42. The molecule has 0 bridgehead atoms. The molecule has 106 valence electrons. The molecule has 2 aromatic carbocycles. The molecule has 0 saturated heterocycles. The molecular formula is C18H22ClN. The van der Waals surface area contributed by atoms with Crippen molar-refractivity contribution in [3.8, 4) is 0 Å². The molecule has 0 aliphatic heterocycles. The van der Waals surface area contributed by atoms with Crippen molar-refractivity contribution < 1.29 is 0 Å². The van der Waals surface area contributed by atoms with Crippen molar-refractivity contribution in [1.29, 1.82) is 0 Å². The van der Waals surface area contributed by atoms with E-state index in [1.165, 1.54) is 11.1 Å². The summed E-state index contributed by atoms with van der Waals surface area (Å²) in [5.41, 5.74) is 2.62. The zero-order valence-corrected chi connectivity index (χ0v) is 12.9. The van der Waals surface area contributed by atoms with E-state index in [0.29, 0.717) is 12.1 Å². The molecule has 1 N–H and O–H groups in total. The van der Waals surface area contributed by atoms with Crippen LogP contribution in [0.4, 0.5) is 0 Å². The van der Waals surface area contributed by atoms with Gasteiger partial charge in [0.1, 0.15) is 0 Å². The van der Waals surface area contributed by atoms with Crippen LogP contribution in [0.25, 0.3) is 0 Å². The Balaban J connectivity index is 1.99. The van der Waals surface area contributed by atoms with Gasteiger partial charge in [0.15, 0.2) is 0 Å². The summed E-state index contributed by atoms with van der Waals surface area (Å²) in [5.74, 6) is 0. The first-order valence-corrected chi connectivity index (χ1v) is 7.62. The largest absolute Gasteiger partial charge is 0.307 e. The van der Waals surface area contributed by atoms with Crippen LogP contribution >= 0.6 is 11.6 Å². The SMILES string of the molecule is CCC(Cc1ccccc1)NC(C)c1cccc(Cl)c1. The first-order chi connectivity index (χ1) is 9.69. The van der Waals surface area contributed by atoms with E-state index in [0.717, 1.165) is 17.9 Å². The minimum atomic E-state index is 0.308. The topological polar surface area (TPSA) is 12.0 Å². The molecule has 0 spiro atoms. The molecule has 2 atom stereocenters. The van der Waals surface area contributed by atoms with Gasteiger partial charge in [-0.15, -0.1) is 0 Å². The van der Waals surface area contributed by atoms with E-state index < -0.39 is 0 Å². The molecule has 0 aliphatic rings. The fourth-order valence-electron chi connectivity index (χ4n) is 2.45. The number of halogens is 1. The predicted octanol–water partition coefficient (Wildman–Crippen LogP) is 5.01. The number of benzene rings is 2. The van der Waals surface area contributed by atoms with Gasteiger partial charge < -0.3 is 5.32 Å². The zero-order chi connectivity index (χ0) is 14.4. The van der Waals surface area contributed by atoms with Crippen LogP contribution in [0.1, 0.15) is 37.4 Å². The third kappa shape index (κ3) is 4.36. The third-order valence-corrected chi connectivity index (χ3v) is 3.89. The Morgan fingerprint density at radius 2 is 1.80 bits per heavy atom. The van der Waals surface area contributed by atoms with Crippen LogP contribution < -0.4 is 5.32 Å². The van der Waals surface area contributed by atoms with Gasteiger partial charge in [-0.25, -0.2) is 0 Å². The highest BCUT2D eigenvalue weighted by Gasteiger charge is 2.12. The fraction of sp³-hybridized carbons (Fsp3) is 0.333. The second-order valence-electron chi connectivity index (χ2n) is 5.24. The standard InChI is InChI=1S/C18H22ClN/c1-3-18(12-15-8-5-4-6-9-15)20-14(2)16-10-7-11-17(19)13-16/h4-11,13-14,18,20H,3,12H2,1-2H3. The van der Waals surface area contributed by atoms with Crippen LogP contribution in [-0.4, -0.2) is 6.04 Å². The van der Waals surface area contributed by atoms with E-state index >= 15 is 0 Å². The van der Waals surface area contributed by atoms with Crippen LogP contribution in [0, 0.1) is 0 Å². The van der Waals surface area contributed by atoms with E-state index in [1.807, 2.05) is 18.2 Å². The molecule has 0 amide bonds. The fourth-order valence-corrected chi connectivity index (χ4v) is 2.64. The summed E-state index contributed by atoms with van der Waals surface area (Å²) in [7, 11) is 0. The average molecular weight is 288 g/mol. The Kier molecular flexibility index (Phi) is 5.63. The number of rotatable bonds is 6. The van der Waals surface area contributed by atoms with Crippen LogP contribution in [-0.2, 0) is 6.42 Å². The lowest BCUT2D eigenvalue weighted by atomic mass is 10.0. The summed E-state index contributed by atoms with van der Waals surface area (Å²) in [5, 5.41) is 4.50. The van der Waals surface area contributed by atoms with Gasteiger partial charge in [0, 0.05) is 17.1 Å². The highest BCUT2D eigenvalue weighted by Crippen LogP contribution is 2.19. The highest BCUT2D eigenvalue weighted by atomic mass is 35.5. The minimum Gasteiger partial charge on any atom is -0.307 e. The lowest BCUT2D eigenvalue weighted by Crippen LogP contribution is -2.32. The summed E-state index contributed by atoms with van der Waals surface area (Å²) in [4.78, 5) is 0. The maximum Gasteiger partial charge on any atom is 0.0409 e. The quantitative estimate of drug-likeness (QED) is 0.787. The molecule has 20 heavy (non-hydrogen) atoms. The lowest BCUT2D eigenvalue weighted by Gasteiger charge is -2.23. The maximum atomic E-state index is 6.06. The predicted molar refractivity (Wildman–Crippen MR) is 87.2 cm³/mol. The van der Waals surface area contributed by atoms with Crippen LogP contribution in [0.3, 0.4) is 0 Å². The summed E-state index contributed by atoms with van der Waals surface area (Å²) in [6.07, 6.45) is 2.17. The Labute approximate surface area is 127 Å². The van der Waals surface area contributed by atoms with Gasteiger partial charge in [0.05, 0.1) is 0 Å². The molecule has 2 unspecified atom stereocenters. The Hall–Kier alpha value is -1.31. The van der Waals surface area contributed by atoms with Gasteiger partial charge in [0.2, 0.25) is 0 Å². The van der Waals surface area contributed by atoms with Gasteiger partial charge in [0.25, 0.3) is 0 Å². The van der Waals surface area contributed by atoms with E-state index in [9.17, 15) is 0 Å². The van der Waals surface area contributed by atoms with E-state index in [2.05, 4.69) is 55.6 Å². The average Bonchev–Trinajstić information content (AvgIpc) is 2.47. The minimum absolute atomic E-state index is 0.308. The van der Waals surface area contributed by atoms with Crippen LogP contribution in [0.5, 0.6) is 0 Å². The smallest absolute Gasteiger partial charge is 0.0409 e. The van der Waals surface area contributed by atoms with Crippen LogP contribution in [0.2, 0.25) is 5.02 Å². The molecule has 2 aromatic rings. The highest BCUT2D eigenvalue weighted by molar-refractivity contribution is 6.30. The van der Waals surface area contributed by atoms with Gasteiger partial charge >= 0.3 is 0 Å². The van der Waals surface area contributed by atoms with Gasteiger partial charge in [-0.3, -0.25) is 0 Å². The number of hydrogen-bond acceptors (Lipinski definition) is 1. The molecule has 0 saturated carbocycles. The molecule has 1 nitrogen and oxygen atoms in total. The van der Waals surface area contributed by atoms with E-state index in [4.69, 9.17) is 11.6 Å². The number of hydrogen-bond donors (Lipinski definition) is 1. The molecule has 0 heterocycles. The van der Waals surface area contributed by atoms with Crippen molar-refractivity contribution in [2.75, 3.05) is 0 Å². The second kappa shape index (κ2) is 7.47. The molecule has 0 aliphatic carbocycles. The Bertz CT molecular complexity index is 524. The van der Waals surface area contributed by atoms with Crippen molar-refractivity contribution in [3.63, 3.8) is 0 Å². The number of nitrogens with one attached hydrogen (secondary N) is 1. The summed E-state index contributed by atoms with van der Waals surface area (Å²) >= 11 is 6.06. The third-order valence-electron chi connectivity index (χ3n) is 3.65. The Morgan fingerprint density at radius 1 is 1.05 bits per heavy atom. The molecule has 2 heteroatoms. The molecule has 0 radical (unpaired) electrons. The van der Waals surface area contributed by atoms with Crippen LogP contribution in [0.15, 0.2) is 54.6 Å². The molecular weight excluding hydrogens is 266 g/mol. The molecule has 0 fully saturated rings. The Morgan fingerprint density at radius 3 is 2.45 bits per heavy atom. The second-order valence-corrected chi connectivity index (χ2v) is 5.67. The monoisotopic (exact) mass is 287 g/mol. The normalized spacial score (nSPS) is 13.9. The van der Waals surface area contributed by atoms with Gasteiger partial charge in [-0.1, -0.05) is 61.0 Å². The summed E-state index contributed by atoms with van der Waals surface area (Å²) < 4.78 is 0. The van der Waals surface area contributed by atoms with Crippen molar-refractivity contribution in [3.05, 3.63) is 70.7 Å². The van der Waals surface area contributed by atoms with Crippen molar-refractivity contribution >= 4 is 11.6 Å². The maximum absolute atomic E-state index is 6.06. The molecule has 2 rings (SSSR count). The first-order valence-electron chi connectivity index (χ1n) is 7.24. The van der Waals surface area contributed by atoms with Crippen molar-refractivity contribution in [2.45, 2.75) is 38.8 Å². The lowest BCUT2D eigenvalue weighted by molar-refractivity contribution is 0.440. The summed E-state index contributed by atoms with van der Waals surface area (Å²) in [6, 6.07) is 19.5. The van der Waals surface area contributed by atoms with E-state index in [1.54, 1.807) is 0 Å². The first kappa shape index (κ1) is 15.1. The van der Waals surface area contributed by atoms with Crippen molar-refractivity contribution in [2.24, 2.45) is 0 Å².